The maximum absolute atomic E-state index is 6.10. The molecule has 0 N–H and O–H groups in total. The van der Waals surface area contributed by atoms with Crippen molar-refractivity contribution in [3.8, 4) is 0 Å². The minimum absolute atomic E-state index is 0.268. The number of benzene rings is 1. The van der Waals surface area contributed by atoms with Gasteiger partial charge in [0.05, 0.1) is 0 Å². The lowest BCUT2D eigenvalue weighted by Gasteiger charge is -2.68. The average Bonchev–Trinajstić information content (AvgIpc) is 2.45. The fourth-order valence-electron chi connectivity index (χ4n) is 6.52. The summed E-state index contributed by atoms with van der Waals surface area (Å²) in [5.74, 6) is 2.25. The van der Waals surface area contributed by atoms with Gasteiger partial charge in [0.15, 0.2) is 5.60 Å². The minimum atomic E-state index is -0.716. The van der Waals surface area contributed by atoms with Gasteiger partial charge in [-0.15, -0.1) is 0 Å². The molecule has 1 spiro atoms. The van der Waals surface area contributed by atoms with Gasteiger partial charge in [0, 0.05) is 12.7 Å². The van der Waals surface area contributed by atoms with Gasteiger partial charge in [-0.2, -0.15) is 4.89 Å². The van der Waals surface area contributed by atoms with Crippen molar-refractivity contribution in [2.75, 3.05) is 7.11 Å². The summed E-state index contributed by atoms with van der Waals surface area (Å²) >= 11 is 0. The quantitative estimate of drug-likeness (QED) is 0.763. The Morgan fingerprint density at radius 1 is 0.870 bits per heavy atom. The predicted molar refractivity (Wildman–Crippen MR) is 86.5 cm³/mol. The van der Waals surface area contributed by atoms with Crippen LogP contribution in [0.2, 0.25) is 0 Å². The van der Waals surface area contributed by atoms with Crippen molar-refractivity contribution in [2.45, 2.75) is 57.3 Å². The van der Waals surface area contributed by atoms with Gasteiger partial charge in [-0.25, -0.2) is 4.89 Å². The molecule has 4 saturated carbocycles. The van der Waals surface area contributed by atoms with E-state index in [1.165, 1.54) is 43.2 Å². The largest absolute Gasteiger partial charge is 0.345 e. The fraction of sp³-hybridized carbons (Fsp3) is 0.700. The Balaban J connectivity index is 1.63. The Kier molecular flexibility index (Phi) is 2.88. The zero-order chi connectivity index (χ0) is 15.8. The van der Waals surface area contributed by atoms with E-state index in [1.807, 2.05) is 0 Å². The molecule has 1 aliphatic heterocycles. The molecule has 3 heteroatoms. The van der Waals surface area contributed by atoms with E-state index in [9.17, 15) is 0 Å². The molecule has 1 unspecified atom stereocenters. The van der Waals surface area contributed by atoms with Gasteiger partial charge in [-0.05, 0) is 69.6 Å². The molecule has 5 aliphatic rings. The van der Waals surface area contributed by atoms with Crippen molar-refractivity contribution in [3.63, 3.8) is 0 Å². The summed E-state index contributed by atoms with van der Waals surface area (Å²) in [4.78, 5) is 11.8. The molecule has 1 saturated heterocycles. The molecule has 4 bridgehead atoms. The van der Waals surface area contributed by atoms with E-state index in [2.05, 4.69) is 32.0 Å². The molecular weight excluding hydrogens is 288 g/mol. The number of ether oxygens (including phenoxy) is 1. The Hall–Kier alpha value is -0.900. The lowest BCUT2D eigenvalue weighted by molar-refractivity contribution is -0.645. The summed E-state index contributed by atoms with van der Waals surface area (Å²) in [7, 11) is 1.78. The monoisotopic (exact) mass is 314 g/mol. The van der Waals surface area contributed by atoms with E-state index in [-0.39, 0.29) is 5.60 Å². The highest BCUT2D eigenvalue weighted by atomic mass is 17.3. The van der Waals surface area contributed by atoms with Crippen LogP contribution in [0.1, 0.15) is 48.8 Å². The molecular formula is C20H26O3. The summed E-state index contributed by atoms with van der Waals surface area (Å²) in [6, 6.07) is 6.63. The predicted octanol–water partition coefficient (Wildman–Crippen LogP) is 4.26. The van der Waals surface area contributed by atoms with Gasteiger partial charge in [0.1, 0.15) is 0 Å². The van der Waals surface area contributed by atoms with E-state index in [0.29, 0.717) is 11.8 Å². The maximum Gasteiger partial charge on any atom is 0.260 e. The highest BCUT2D eigenvalue weighted by Crippen LogP contribution is 2.69. The standard InChI is InChI=1S/C20H26O3/c1-12-4-13(2)6-18(5-12)20(21-3)19(22-23-20)16-8-14-7-15(10-16)11-17(19)9-14/h4-6,14-17H,7-11H2,1-3H3. The van der Waals surface area contributed by atoms with Crippen molar-refractivity contribution in [1.29, 1.82) is 0 Å². The summed E-state index contributed by atoms with van der Waals surface area (Å²) in [5, 5.41) is 0. The van der Waals surface area contributed by atoms with Crippen molar-refractivity contribution in [2.24, 2.45) is 23.7 Å². The smallest absolute Gasteiger partial charge is 0.260 e. The van der Waals surface area contributed by atoms with E-state index in [1.54, 1.807) is 7.11 Å². The first-order valence-corrected chi connectivity index (χ1v) is 9.08. The van der Waals surface area contributed by atoms with Gasteiger partial charge >= 0.3 is 0 Å². The summed E-state index contributed by atoms with van der Waals surface area (Å²) < 4.78 is 6.10. The van der Waals surface area contributed by atoms with Crippen LogP contribution in [0.15, 0.2) is 18.2 Å². The van der Waals surface area contributed by atoms with Crippen LogP contribution in [0.25, 0.3) is 0 Å². The molecule has 4 aliphatic carbocycles. The third-order valence-corrected chi connectivity index (χ3v) is 7.05. The molecule has 5 fully saturated rings. The van der Waals surface area contributed by atoms with Crippen molar-refractivity contribution >= 4 is 0 Å². The van der Waals surface area contributed by atoms with Crippen LogP contribution in [0.4, 0.5) is 0 Å². The molecule has 3 nitrogen and oxygen atoms in total. The van der Waals surface area contributed by atoms with Crippen molar-refractivity contribution < 1.29 is 14.5 Å². The topological polar surface area (TPSA) is 27.7 Å². The number of hydrogen-bond acceptors (Lipinski definition) is 3. The number of aryl methyl sites for hydroxylation is 2. The van der Waals surface area contributed by atoms with Crippen LogP contribution < -0.4 is 0 Å². The summed E-state index contributed by atoms with van der Waals surface area (Å²) in [5.41, 5.74) is 3.38. The third kappa shape index (κ3) is 1.66. The number of rotatable bonds is 2. The molecule has 1 heterocycles. The second-order valence-corrected chi connectivity index (χ2v) is 8.46. The molecule has 1 aromatic carbocycles. The SMILES string of the molecule is COC1(c2cc(C)cc(C)c2)OOC12C1CC3CC(C1)CC2C3. The minimum Gasteiger partial charge on any atom is -0.345 e. The number of methoxy groups -OCH3 is 1. The Morgan fingerprint density at radius 3 is 1.87 bits per heavy atom. The van der Waals surface area contributed by atoms with E-state index < -0.39 is 5.79 Å². The fourth-order valence-corrected chi connectivity index (χ4v) is 6.52. The third-order valence-electron chi connectivity index (χ3n) is 7.05. The lowest BCUT2D eigenvalue weighted by atomic mass is 9.47. The van der Waals surface area contributed by atoms with Crippen LogP contribution in [0.3, 0.4) is 0 Å². The van der Waals surface area contributed by atoms with Gasteiger partial charge in [-0.3, -0.25) is 0 Å². The molecule has 1 atom stereocenters. The zero-order valence-corrected chi connectivity index (χ0v) is 14.3. The van der Waals surface area contributed by atoms with Gasteiger partial charge < -0.3 is 4.74 Å². The van der Waals surface area contributed by atoms with Crippen LogP contribution in [0, 0.1) is 37.5 Å². The molecule has 6 rings (SSSR count). The van der Waals surface area contributed by atoms with Crippen LogP contribution in [0.5, 0.6) is 0 Å². The zero-order valence-electron chi connectivity index (χ0n) is 14.3. The average molecular weight is 314 g/mol. The van der Waals surface area contributed by atoms with Gasteiger partial charge in [0.25, 0.3) is 5.79 Å². The Bertz CT molecular complexity index is 600. The Labute approximate surface area is 138 Å². The Morgan fingerprint density at radius 2 is 1.43 bits per heavy atom. The molecule has 1 aromatic rings. The lowest BCUT2D eigenvalue weighted by Crippen LogP contribution is -2.76. The van der Waals surface area contributed by atoms with Gasteiger partial charge in [0.2, 0.25) is 0 Å². The molecule has 0 aromatic heterocycles. The first kappa shape index (κ1) is 14.4. The maximum atomic E-state index is 6.10. The molecule has 0 amide bonds. The second kappa shape index (κ2) is 4.59. The van der Waals surface area contributed by atoms with Crippen molar-refractivity contribution in [1.82, 2.24) is 0 Å². The highest BCUT2D eigenvalue weighted by Gasteiger charge is 2.76. The van der Waals surface area contributed by atoms with E-state index >= 15 is 0 Å². The van der Waals surface area contributed by atoms with Crippen LogP contribution in [-0.2, 0) is 20.3 Å². The van der Waals surface area contributed by atoms with E-state index in [0.717, 1.165) is 17.4 Å². The molecule has 23 heavy (non-hydrogen) atoms. The van der Waals surface area contributed by atoms with Crippen molar-refractivity contribution in [3.05, 3.63) is 34.9 Å². The highest BCUT2D eigenvalue weighted by molar-refractivity contribution is 5.36. The van der Waals surface area contributed by atoms with Gasteiger partial charge in [-0.1, -0.05) is 29.3 Å². The van der Waals surface area contributed by atoms with Crippen LogP contribution >= 0.6 is 0 Å². The normalized spacial score (nSPS) is 47.1. The first-order chi connectivity index (χ1) is 11.1. The van der Waals surface area contributed by atoms with Crippen LogP contribution in [-0.4, -0.2) is 12.7 Å². The summed E-state index contributed by atoms with van der Waals surface area (Å²) in [6.45, 7) is 4.28. The molecule has 0 radical (unpaired) electrons. The molecule has 124 valence electrons. The number of hydrogen-bond donors (Lipinski definition) is 0. The van der Waals surface area contributed by atoms with E-state index in [4.69, 9.17) is 14.5 Å². The first-order valence-electron chi connectivity index (χ1n) is 9.08. The summed E-state index contributed by atoms with van der Waals surface area (Å²) in [6.07, 6.45) is 6.57. The second-order valence-electron chi connectivity index (χ2n) is 8.46.